The number of nitriles is 1. The second kappa shape index (κ2) is 5.66. The van der Waals surface area contributed by atoms with Gasteiger partial charge in [0.2, 0.25) is 0 Å². The molecule has 1 aromatic carbocycles. The van der Waals surface area contributed by atoms with Crippen LogP contribution < -0.4 is 0 Å². The van der Waals surface area contributed by atoms with E-state index in [1.165, 1.54) is 0 Å². The predicted molar refractivity (Wildman–Crippen MR) is 63.9 cm³/mol. The number of hydrogen-bond acceptors (Lipinski definition) is 3. The lowest BCUT2D eigenvalue weighted by Crippen LogP contribution is -2.09. The van der Waals surface area contributed by atoms with E-state index in [9.17, 15) is 4.79 Å². The average Bonchev–Trinajstić information content (AvgIpc) is 2.17. The first-order chi connectivity index (χ1) is 7.58. The molecule has 0 bridgehead atoms. The highest BCUT2D eigenvalue weighted by Gasteiger charge is 2.12. The van der Waals surface area contributed by atoms with Crippen molar-refractivity contribution in [2.45, 2.75) is 20.3 Å². The Labute approximate surface area is 103 Å². The molecule has 0 spiro atoms. The molecule has 84 valence electrons. The van der Waals surface area contributed by atoms with Gasteiger partial charge in [-0.2, -0.15) is 5.26 Å². The second-order valence-electron chi connectivity index (χ2n) is 3.37. The van der Waals surface area contributed by atoms with Crippen LogP contribution in [-0.4, -0.2) is 12.6 Å². The summed E-state index contributed by atoms with van der Waals surface area (Å²) in [7, 11) is 0. The van der Waals surface area contributed by atoms with Gasteiger partial charge in [0.25, 0.3) is 0 Å². The normalized spacial score (nSPS) is 9.62. The van der Waals surface area contributed by atoms with Crippen LogP contribution in [0.2, 0.25) is 0 Å². The van der Waals surface area contributed by atoms with Gasteiger partial charge in [-0.3, -0.25) is 4.79 Å². The molecule has 0 aliphatic heterocycles. The monoisotopic (exact) mass is 281 g/mol. The Morgan fingerprint density at radius 3 is 2.81 bits per heavy atom. The number of aryl methyl sites for hydroxylation is 1. The van der Waals surface area contributed by atoms with Gasteiger partial charge < -0.3 is 4.74 Å². The first-order valence-corrected chi connectivity index (χ1v) is 5.72. The van der Waals surface area contributed by atoms with Crippen LogP contribution in [0.1, 0.15) is 23.6 Å². The van der Waals surface area contributed by atoms with Crippen molar-refractivity contribution >= 4 is 21.9 Å². The Bertz CT molecular complexity index is 449. The van der Waals surface area contributed by atoms with Gasteiger partial charge in [-0.25, -0.2) is 0 Å². The lowest BCUT2D eigenvalue weighted by Gasteiger charge is -2.07. The molecule has 1 aromatic rings. The summed E-state index contributed by atoms with van der Waals surface area (Å²) in [6, 6.07) is 5.77. The van der Waals surface area contributed by atoms with Crippen LogP contribution in [-0.2, 0) is 16.0 Å². The number of carbonyl (C=O) groups excluding carboxylic acids is 1. The van der Waals surface area contributed by atoms with Crippen molar-refractivity contribution in [3.05, 3.63) is 33.3 Å². The number of ether oxygens (including phenoxy) is 1. The van der Waals surface area contributed by atoms with Gasteiger partial charge in [0.1, 0.15) is 6.07 Å². The van der Waals surface area contributed by atoms with Crippen LogP contribution in [0.5, 0.6) is 0 Å². The fourth-order valence-corrected chi connectivity index (χ4v) is 2.15. The van der Waals surface area contributed by atoms with Crippen LogP contribution in [0, 0.1) is 18.3 Å². The zero-order valence-corrected chi connectivity index (χ0v) is 10.8. The van der Waals surface area contributed by atoms with Crippen LogP contribution >= 0.6 is 15.9 Å². The summed E-state index contributed by atoms with van der Waals surface area (Å²) in [6.45, 7) is 4.03. The van der Waals surface area contributed by atoms with Crippen LogP contribution in [0.25, 0.3) is 0 Å². The molecule has 0 radical (unpaired) electrons. The van der Waals surface area contributed by atoms with Crippen molar-refractivity contribution in [1.82, 2.24) is 0 Å². The lowest BCUT2D eigenvalue weighted by molar-refractivity contribution is -0.142. The van der Waals surface area contributed by atoms with Crippen molar-refractivity contribution in [2.24, 2.45) is 0 Å². The van der Waals surface area contributed by atoms with Gasteiger partial charge in [0.15, 0.2) is 0 Å². The van der Waals surface area contributed by atoms with Crippen LogP contribution in [0.4, 0.5) is 0 Å². The van der Waals surface area contributed by atoms with Gasteiger partial charge in [0.05, 0.1) is 18.6 Å². The molecule has 4 heteroatoms. The molecule has 0 aliphatic rings. The Balaban J connectivity index is 3.04. The van der Waals surface area contributed by atoms with E-state index in [-0.39, 0.29) is 12.4 Å². The Morgan fingerprint density at radius 2 is 2.25 bits per heavy atom. The van der Waals surface area contributed by atoms with Crippen molar-refractivity contribution in [3.8, 4) is 6.07 Å². The number of carbonyl (C=O) groups is 1. The quantitative estimate of drug-likeness (QED) is 0.801. The van der Waals surface area contributed by atoms with E-state index in [1.807, 2.05) is 19.1 Å². The van der Waals surface area contributed by atoms with Gasteiger partial charge in [-0.1, -0.05) is 6.07 Å². The number of benzene rings is 1. The summed E-state index contributed by atoms with van der Waals surface area (Å²) < 4.78 is 5.58. The van der Waals surface area contributed by atoms with Gasteiger partial charge in [0, 0.05) is 4.47 Å². The number of halogens is 1. The van der Waals surface area contributed by atoms with E-state index in [1.54, 1.807) is 6.92 Å². The highest BCUT2D eigenvalue weighted by atomic mass is 79.9. The third-order valence-corrected chi connectivity index (χ3v) is 2.69. The summed E-state index contributed by atoms with van der Waals surface area (Å²) in [4.78, 5) is 11.4. The maximum absolute atomic E-state index is 11.4. The average molecular weight is 282 g/mol. The number of rotatable bonds is 3. The Kier molecular flexibility index (Phi) is 4.51. The molecule has 0 N–H and O–H groups in total. The Hall–Kier alpha value is -1.34. The largest absolute Gasteiger partial charge is 0.466 e. The number of nitrogens with zero attached hydrogens (tertiary/aromatic N) is 1. The molecular weight excluding hydrogens is 270 g/mol. The summed E-state index contributed by atoms with van der Waals surface area (Å²) >= 11 is 3.31. The summed E-state index contributed by atoms with van der Waals surface area (Å²) in [5.74, 6) is -0.309. The molecule has 0 amide bonds. The van der Waals surface area contributed by atoms with Crippen molar-refractivity contribution in [2.75, 3.05) is 6.61 Å². The van der Waals surface area contributed by atoms with E-state index in [0.717, 1.165) is 5.56 Å². The SMILES string of the molecule is CCOC(=O)Cc1cc(C)cc(Br)c1C#N. The van der Waals surface area contributed by atoms with Crippen LogP contribution in [0.3, 0.4) is 0 Å². The molecule has 0 aliphatic carbocycles. The van der Waals surface area contributed by atoms with Crippen molar-refractivity contribution < 1.29 is 9.53 Å². The minimum atomic E-state index is -0.309. The van der Waals surface area contributed by atoms with Crippen molar-refractivity contribution in [3.63, 3.8) is 0 Å². The molecule has 0 atom stereocenters. The summed E-state index contributed by atoms with van der Waals surface area (Å²) in [6.07, 6.45) is 0.136. The maximum atomic E-state index is 11.4. The molecule has 1 rings (SSSR count). The minimum Gasteiger partial charge on any atom is -0.466 e. The maximum Gasteiger partial charge on any atom is 0.310 e. The van der Waals surface area contributed by atoms with Crippen LogP contribution in [0.15, 0.2) is 16.6 Å². The van der Waals surface area contributed by atoms with E-state index in [2.05, 4.69) is 22.0 Å². The van der Waals surface area contributed by atoms with Gasteiger partial charge in [-0.05, 0) is 47.0 Å². The topological polar surface area (TPSA) is 50.1 Å². The third-order valence-electron chi connectivity index (χ3n) is 2.07. The third kappa shape index (κ3) is 3.07. The molecule has 0 aromatic heterocycles. The first-order valence-electron chi connectivity index (χ1n) is 4.93. The molecular formula is C12H12BrNO2. The number of hydrogen-bond donors (Lipinski definition) is 0. The summed E-state index contributed by atoms with van der Waals surface area (Å²) in [5, 5.41) is 9.00. The Morgan fingerprint density at radius 1 is 1.56 bits per heavy atom. The highest BCUT2D eigenvalue weighted by molar-refractivity contribution is 9.10. The smallest absolute Gasteiger partial charge is 0.310 e. The molecule has 3 nitrogen and oxygen atoms in total. The molecule has 0 saturated heterocycles. The van der Waals surface area contributed by atoms with Crippen molar-refractivity contribution in [1.29, 1.82) is 5.26 Å². The zero-order chi connectivity index (χ0) is 12.1. The molecule has 0 saturated carbocycles. The minimum absolute atomic E-state index is 0.136. The van der Waals surface area contributed by atoms with E-state index >= 15 is 0 Å². The van der Waals surface area contributed by atoms with Gasteiger partial charge in [-0.15, -0.1) is 0 Å². The fourth-order valence-electron chi connectivity index (χ4n) is 1.45. The second-order valence-corrected chi connectivity index (χ2v) is 4.23. The fraction of sp³-hybridized carbons (Fsp3) is 0.333. The first kappa shape index (κ1) is 12.7. The molecule has 0 heterocycles. The van der Waals surface area contributed by atoms with E-state index in [0.29, 0.717) is 22.2 Å². The standard InChI is InChI=1S/C12H12BrNO2/c1-3-16-12(15)6-9-4-8(2)5-11(13)10(9)7-14/h4-5H,3,6H2,1-2H3. The van der Waals surface area contributed by atoms with E-state index in [4.69, 9.17) is 10.00 Å². The molecule has 0 unspecified atom stereocenters. The van der Waals surface area contributed by atoms with E-state index < -0.39 is 0 Å². The zero-order valence-electron chi connectivity index (χ0n) is 9.21. The van der Waals surface area contributed by atoms with Gasteiger partial charge >= 0.3 is 5.97 Å². The molecule has 16 heavy (non-hydrogen) atoms. The number of esters is 1. The summed E-state index contributed by atoms with van der Waals surface area (Å²) in [5.41, 5.74) is 2.21. The lowest BCUT2D eigenvalue weighted by atomic mass is 10.0. The predicted octanol–water partition coefficient (Wildman–Crippen LogP) is 2.73. The highest BCUT2D eigenvalue weighted by Crippen LogP contribution is 2.22. The molecule has 0 fully saturated rings.